The van der Waals surface area contributed by atoms with Crippen molar-refractivity contribution in [2.75, 3.05) is 12.4 Å². The summed E-state index contributed by atoms with van der Waals surface area (Å²) in [5, 5.41) is 21.8. The first-order valence-electron chi connectivity index (χ1n) is 10.7. The van der Waals surface area contributed by atoms with Gasteiger partial charge >= 0.3 is 0 Å². The number of hydrogen-bond donors (Lipinski definition) is 2. The molecule has 1 aliphatic carbocycles. The third-order valence-corrected chi connectivity index (χ3v) is 7.59. The topological polar surface area (TPSA) is 111 Å². The van der Waals surface area contributed by atoms with Crippen LogP contribution in [0.3, 0.4) is 0 Å². The van der Waals surface area contributed by atoms with Gasteiger partial charge in [0.05, 0.1) is 11.1 Å². The number of anilines is 1. The molecule has 5 rings (SSSR count). The minimum absolute atomic E-state index is 0.0808. The van der Waals surface area contributed by atoms with Gasteiger partial charge in [0.1, 0.15) is 14.6 Å². The molecule has 2 atom stereocenters. The van der Waals surface area contributed by atoms with Crippen LogP contribution >= 0.6 is 27.3 Å². The molecule has 0 radical (unpaired) electrons. The van der Waals surface area contributed by atoms with Gasteiger partial charge in [-0.1, -0.05) is 18.3 Å². The van der Waals surface area contributed by atoms with Gasteiger partial charge in [-0.05, 0) is 66.4 Å². The quantitative estimate of drug-likeness (QED) is 0.402. The molecule has 2 unspecified atom stereocenters. The summed E-state index contributed by atoms with van der Waals surface area (Å²) in [6.45, 7) is 3.95. The van der Waals surface area contributed by atoms with Crippen LogP contribution in [0.2, 0.25) is 0 Å². The highest BCUT2D eigenvalue weighted by molar-refractivity contribution is 9.10. The van der Waals surface area contributed by atoms with Gasteiger partial charge in [0.25, 0.3) is 0 Å². The highest BCUT2D eigenvalue weighted by Gasteiger charge is 2.40. The number of benzene rings is 1. The summed E-state index contributed by atoms with van der Waals surface area (Å²) in [4.78, 5) is 21.5. The Morgan fingerprint density at radius 1 is 1.27 bits per heavy atom. The smallest absolute Gasteiger partial charge is 0.225 e. The molecule has 33 heavy (non-hydrogen) atoms. The van der Waals surface area contributed by atoms with E-state index < -0.39 is 0 Å². The lowest BCUT2D eigenvalue weighted by Crippen LogP contribution is -2.35. The molecular formula is C22H23BrN8OS. The largest absolute Gasteiger partial charge is 0.359 e. The van der Waals surface area contributed by atoms with Gasteiger partial charge in [-0.15, -0.1) is 10.2 Å². The molecule has 3 aromatic heterocycles. The summed E-state index contributed by atoms with van der Waals surface area (Å²) >= 11 is 5.09. The summed E-state index contributed by atoms with van der Waals surface area (Å²) in [7, 11) is 1.69. The number of fused-ring (bicyclic) bond motifs is 1. The zero-order valence-electron chi connectivity index (χ0n) is 18.5. The molecule has 4 aromatic rings. The second-order valence-electron chi connectivity index (χ2n) is 8.53. The number of nitrogens with zero attached hydrogens (tertiary/aromatic N) is 6. The van der Waals surface area contributed by atoms with E-state index in [-0.39, 0.29) is 17.4 Å². The van der Waals surface area contributed by atoms with E-state index in [4.69, 9.17) is 4.98 Å². The fourth-order valence-corrected chi connectivity index (χ4v) is 5.47. The summed E-state index contributed by atoms with van der Waals surface area (Å²) in [5.74, 6) is 0.612. The lowest BCUT2D eigenvalue weighted by atomic mass is 9.87. The maximum absolute atomic E-state index is 12.2. The van der Waals surface area contributed by atoms with Gasteiger partial charge in [-0.2, -0.15) is 10.1 Å². The first-order valence-corrected chi connectivity index (χ1v) is 12.3. The van der Waals surface area contributed by atoms with Gasteiger partial charge in [0, 0.05) is 30.3 Å². The van der Waals surface area contributed by atoms with Crippen LogP contribution in [0.1, 0.15) is 31.2 Å². The van der Waals surface area contributed by atoms with Gasteiger partial charge < -0.3 is 10.6 Å². The van der Waals surface area contributed by atoms with E-state index in [1.807, 2.05) is 38.1 Å². The van der Waals surface area contributed by atoms with E-state index in [2.05, 4.69) is 46.8 Å². The molecule has 3 heterocycles. The van der Waals surface area contributed by atoms with Gasteiger partial charge in [-0.25, -0.2) is 9.67 Å². The zero-order valence-corrected chi connectivity index (χ0v) is 20.9. The number of amides is 1. The van der Waals surface area contributed by atoms with E-state index >= 15 is 0 Å². The number of aromatic nitrogens is 6. The highest BCUT2D eigenvalue weighted by atomic mass is 79.9. The Hall–Kier alpha value is -2.92. The Labute approximate surface area is 203 Å². The SMILES string of the molecule is CNC(=O)C1(C)CCC(Nc2ncc3c(Br)nn(-c4ccc(-c5nnc(C)s5)cc4)c3n2)C1. The van der Waals surface area contributed by atoms with Crippen LogP contribution in [0.25, 0.3) is 27.3 Å². The molecule has 0 saturated heterocycles. The maximum Gasteiger partial charge on any atom is 0.225 e. The zero-order chi connectivity index (χ0) is 23.2. The van der Waals surface area contributed by atoms with Crippen molar-refractivity contribution in [3.05, 3.63) is 40.1 Å². The molecule has 1 amide bonds. The molecule has 9 nitrogen and oxygen atoms in total. The molecule has 1 saturated carbocycles. The Kier molecular flexibility index (Phi) is 5.61. The number of carbonyl (C=O) groups excluding carboxylic acids is 1. The molecule has 0 spiro atoms. The van der Waals surface area contributed by atoms with E-state index in [9.17, 15) is 4.79 Å². The predicted octanol–water partition coefficient (Wildman–Crippen LogP) is 4.12. The van der Waals surface area contributed by atoms with Crippen molar-refractivity contribution >= 4 is 50.2 Å². The molecule has 1 aliphatic rings. The molecule has 170 valence electrons. The van der Waals surface area contributed by atoms with Crippen molar-refractivity contribution in [2.45, 2.75) is 39.2 Å². The standard InChI is InChI=1S/C22H23BrN8OS/c1-12-28-29-19(33-12)13-4-6-15(7-5-13)31-18-16(17(23)30-31)11-25-21(27-18)26-14-8-9-22(2,10-14)20(32)24-3/h4-7,11,14H,8-10H2,1-3H3,(H,24,32)(H,25,26,27). The molecule has 2 N–H and O–H groups in total. The fourth-order valence-electron chi connectivity index (χ4n) is 4.33. The van der Waals surface area contributed by atoms with Crippen molar-refractivity contribution in [2.24, 2.45) is 5.41 Å². The van der Waals surface area contributed by atoms with Crippen LogP contribution < -0.4 is 10.6 Å². The lowest BCUT2D eigenvalue weighted by Gasteiger charge is -2.22. The van der Waals surface area contributed by atoms with Crippen molar-refractivity contribution < 1.29 is 4.79 Å². The molecule has 0 bridgehead atoms. The number of halogens is 1. The van der Waals surface area contributed by atoms with E-state index in [1.54, 1.807) is 29.3 Å². The first kappa shape index (κ1) is 21.9. The van der Waals surface area contributed by atoms with Crippen LogP contribution in [0.5, 0.6) is 0 Å². The van der Waals surface area contributed by atoms with Crippen LogP contribution in [-0.4, -0.2) is 48.9 Å². The van der Waals surface area contributed by atoms with Crippen LogP contribution in [0.4, 0.5) is 5.95 Å². The number of carbonyl (C=O) groups is 1. The van der Waals surface area contributed by atoms with Crippen LogP contribution in [-0.2, 0) is 4.79 Å². The Morgan fingerprint density at radius 3 is 2.76 bits per heavy atom. The summed E-state index contributed by atoms with van der Waals surface area (Å²) in [6, 6.07) is 8.14. The van der Waals surface area contributed by atoms with Gasteiger partial charge in [0.2, 0.25) is 11.9 Å². The third-order valence-electron chi connectivity index (χ3n) is 6.11. The van der Waals surface area contributed by atoms with Gasteiger partial charge in [-0.3, -0.25) is 4.79 Å². The molecule has 1 aromatic carbocycles. The summed E-state index contributed by atoms with van der Waals surface area (Å²) in [5.41, 5.74) is 2.23. The molecular weight excluding hydrogens is 504 g/mol. The average molecular weight is 527 g/mol. The van der Waals surface area contributed by atoms with Crippen molar-refractivity contribution in [3.63, 3.8) is 0 Å². The number of aryl methyl sites for hydroxylation is 1. The number of rotatable bonds is 5. The van der Waals surface area contributed by atoms with Crippen LogP contribution in [0.15, 0.2) is 35.1 Å². The van der Waals surface area contributed by atoms with E-state index in [0.717, 1.165) is 45.9 Å². The van der Waals surface area contributed by atoms with Crippen molar-refractivity contribution in [3.8, 4) is 16.3 Å². The third kappa shape index (κ3) is 4.10. The Bertz CT molecular complexity index is 1330. The van der Waals surface area contributed by atoms with Crippen molar-refractivity contribution in [1.29, 1.82) is 0 Å². The summed E-state index contributed by atoms with van der Waals surface area (Å²) < 4.78 is 2.48. The monoisotopic (exact) mass is 526 g/mol. The fraction of sp³-hybridized carbons (Fsp3) is 0.364. The predicted molar refractivity (Wildman–Crippen MR) is 131 cm³/mol. The van der Waals surface area contributed by atoms with E-state index in [1.165, 1.54) is 0 Å². The molecule has 1 fully saturated rings. The maximum atomic E-state index is 12.2. The highest BCUT2D eigenvalue weighted by Crippen LogP contribution is 2.39. The van der Waals surface area contributed by atoms with Crippen molar-refractivity contribution in [1.82, 2.24) is 35.3 Å². The Morgan fingerprint density at radius 2 is 2.06 bits per heavy atom. The summed E-state index contributed by atoms with van der Waals surface area (Å²) in [6.07, 6.45) is 4.23. The second kappa shape index (κ2) is 8.45. The second-order valence-corrected chi connectivity index (χ2v) is 10.5. The minimum Gasteiger partial charge on any atom is -0.359 e. The molecule has 11 heteroatoms. The first-order chi connectivity index (χ1) is 15.9. The number of hydrogen-bond acceptors (Lipinski definition) is 8. The van der Waals surface area contributed by atoms with Crippen LogP contribution in [0, 0.1) is 12.3 Å². The lowest BCUT2D eigenvalue weighted by molar-refractivity contribution is -0.129. The normalized spacial score (nSPS) is 20.3. The average Bonchev–Trinajstić information content (AvgIpc) is 3.51. The van der Waals surface area contributed by atoms with E-state index in [0.29, 0.717) is 16.2 Å². The Balaban J connectivity index is 1.42. The van der Waals surface area contributed by atoms with Gasteiger partial charge in [0.15, 0.2) is 5.65 Å². The minimum atomic E-state index is -0.367. The molecule has 0 aliphatic heterocycles. The number of nitrogens with one attached hydrogen (secondary N) is 2.